The third-order valence-corrected chi connectivity index (χ3v) is 5.46. The van der Waals surface area contributed by atoms with Gasteiger partial charge in [0.2, 0.25) is 0 Å². The molecule has 1 fully saturated rings. The molecule has 0 aliphatic carbocycles. The molecule has 0 bridgehead atoms. The number of hydrogen-bond acceptors (Lipinski definition) is 9. The number of rotatable bonds is 10. The van der Waals surface area contributed by atoms with E-state index < -0.39 is 4.92 Å². The Morgan fingerprint density at radius 3 is 2.82 bits per heavy atom. The van der Waals surface area contributed by atoms with Crippen molar-refractivity contribution in [1.82, 2.24) is 14.9 Å². The van der Waals surface area contributed by atoms with Crippen molar-refractivity contribution in [3.63, 3.8) is 0 Å². The van der Waals surface area contributed by atoms with Gasteiger partial charge in [-0.2, -0.15) is 0 Å². The van der Waals surface area contributed by atoms with Crippen LogP contribution in [0.25, 0.3) is 10.9 Å². The lowest BCUT2D eigenvalue weighted by Gasteiger charge is -2.26. The number of aromatic nitrogens is 2. The highest BCUT2D eigenvalue weighted by atomic mass is 16.6. The number of nitrogens with one attached hydrogen (secondary N) is 2. The van der Waals surface area contributed by atoms with Gasteiger partial charge in [0, 0.05) is 44.2 Å². The van der Waals surface area contributed by atoms with Crippen LogP contribution < -0.4 is 15.4 Å². The highest BCUT2D eigenvalue weighted by Crippen LogP contribution is 2.32. The number of fused-ring (bicyclic) bond motifs is 1. The molecule has 0 unspecified atom stereocenters. The summed E-state index contributed by atoms with van der Waals surface area (Å²) in [6.07, 6.45) is 1.46. The van der Waals surface area contributed by atoms with Gasteiger partial charge in [0.1, 0.15) is 30.2 Å². The Kier molecular flexibility index (Phi) is 7.48. The van der Waals surface area contributed by atoms with E-state index in [-0.39, 0.29) is 5.69 Å². The first-order valence-electron chi connectivity index (χ1n) is 11.1. The summed E-state index contributed by atoms with van der Waals surface area (Å²) in [5, 5.41) is 18.4. The fourth-order valence-electron chi connectivity index (χ4n) is 3.76. The Balaban J connectivity index is 1.43. The zero-order valence-corrected chi connectivity index (χ0v) is 18.6. The molecule has 0 amide bonds. The van der Waals surface area contributed by atoms with E-state index in [1.165, 1.54) is 12.4 Å². The minimum atomic E-state index is -0.397. The van der Waals surface area contributed by atoms with Crippen molar-refractivity contribution in [1.29, 1.82) is 0 Å². The van der Waals surface area contributed by atoms with Crippen molar-refractivity contribution in [3.8, 4) is 5.75 Å². The van der Waals surface area contributed by atoms with Crippen LogP contribution in [0.4, 0.5) is 17.2 Å². The van der Waals surface area contributed by atoms with Crippen LogP contribution in [0, 0.1) is 10.1 Å². The molecule has 0 saturated carbocycles. The molecule has 1 aliphatic rings. The van der Waals surface area contributed by atoms with Crippen molar-refractivity contribution in [2.24, 2.45) is 0 Å². The van der Waals surface area contributed by atoms with E-state index in [1.807, 2.05) is 31.2 Å². The molecule has 1 aliphatic heterocycles. The fourth-order valence-corrected chi connectivity index (χ4v) is 3.76. The number of hydrogen-bond donors (Lipinski definition) is 2. The average molecular weight is 453 g/mol. The molecular formula is C23H28N6O4. The molecular weight excluding hydrogens is 424 g/mol. The Morgan fingerprint density at radius 2 is 2.03 bits per heavy atom. The zero-order chi connectivity index (χ0) is 23.0. The second-order valence-corrected chi connectivity index (χ2v) is 7.70. The SMILES string of the molecule is CCNc1cc2ncnc(NCc3cccc(OCCN4CCOCC4)c3)c2cc1[N+](=O)[O-]. The topological polar surface area (TPSA) is 115 Å². The van der Waals surface area contributed by atoms with Crippen molar-refractivity contribution in [3.05, 3.63) is 58.4 Å². The highest BCUT2D eigenvalue weighted by Gasteiger charge is 2.17. The number of nitro groups is 1. The third-order valence-electron chi connectivity index (χ3n) is 5.46. The van der Waals surface area contributed by atoms with Crippen LogP contribution in [-0.4, -0.2) is 65.8 Å². The normalized spacial score (nSPS) is 14.2. The Bertz CT molecular complexity index is 1100. The van der Waals surface area contributed by atoms with Gasteiger partial charge in [0.05, 0.1) is 23.7 Å². The first-order valence-corrected chi connectivity index (χ1v) is 11.1. The number of morpholine rings is 1. The van der Waals surface area contributed by atoms with E-state index in [2.05, 4.69) is 25.5 Å². The molecule has 174 valence electrons. The summed E-state index contributed by atoms with van der Waals surface area (Å²) in [5.74, 6) is 1.35. The van der Waals surface area contributed by atoms with E-state index in [0.717, 1.165) is 44.2 Å². The molecule has 3 aromatic rings. The molecule has 10 heteroatoms. The van der Waals surface area contributed by atoms with Gasteiger partial charge < -0.3 is 20.1 Å². The summed E-state index contributed by atoms with van der Waals surface area (Å²) in [7, 11) is 0. The molecule has 10 nitrogen and oxygen atoms in total. The molecule has 33 heavy (non-hydrogen) atoms. The van der Waals surface area contributed by atoms with Gasteiger partial charge in [-0.3, -0.25) is 15.0 Å². The van der Waals surface area contributed by atoms with Crippen LogP contribution >= 0.6 is 0 Å². The maximum absolute atomic E-state index is 11.5. The Hall–Kier alpha value is -3.50. The Morgan fingerprint density at radius 1 is 1.18 bits per heavy atom. The molecule has 0 spiro atoms. The predicted molar refractivity (Wildman–Crippen MR) is 127 cm³/mol. The minimum Gasteiger partial charge on any atom is -0.492 e. The van der Waals surface area contributed by atoms with Crippen molar-refractivity contribution in [2.75, 3.05) is 56.6 Å². The molecule has 4 rings (SSSR count). The zero-order valence-electron chi connectivity index (χ0n) is 18.6. The van der Waals surface area contributed by atoms with Crippen LogP contribution in [0.2, 0.25) is 0 Å². The van der Waals surface area contributed by atoms with E-state index >= 15 is 0 Å². The quantitative estimate of drug-likeness (QED) is 0.353. The maximum atomic E-state index is 11.5. The van der Waals surface area contributed by atoms with Gasteiger partial charge in [-0.1, -0.05) is 12.1 Å². The van der Waals surface area contributed by atoms with E-state index in [0.29, 0.717) is 42.1 Å². The van der Waals surface area contributed by atoms with Crippen LogP contribution in [0.5, 0.6) is 5.75 Å². The van der Waals surface area contributed by atoms with Crippen LogP contribution in [-0.2, 0) is 11.3 Å². The lowest BCUT2D eigenvalue weighted by atomic mass is 10.1. The summed E-state index contributed by atoms with van der Waals surface area (Å²) >= 11 is 0. The number of nitrogens with zero attached hydrogens (tertiary/aromatic N) is 4. The number of ether oxygens (including phenoxy) is 2. The van der Waals surface area contributed by atoms with Crippen molar-refractivity contribution < 1.29 is 14.4 Å². The van der Waals surface area contributed by atoms with E-state index in [9.17, 15) is 10.1 Å². The summed E-state index contributed by atoms with van der Waals surface area (Å²) < 4.78 is 11.3. The second kappa shape index (κ2) is 10.9. The molecule has 2 heterocycles. The monoisotopic (exact) mass is 452 g/mol. The van der Waals surface area contributed by atoms with Gasteiger partial charge in [-0.15, -0.1) is 0 Å². The average Bonchev–Trinajstić information content (AvgIpc) is 2.83. The van der Waals surface area contributed by atoms with Gasteiger partial charge in [0.15, 0.2) is 0 Å². The van der Waals surface area contributed by atoms with Crippen LogP contribution in [0.15, 0.2) is 42.7 Å². The van der Waals surface area contributed by atoms with Gasteiger partial charge in [-0.25, -0.2) is 9.97 Å². The van der Waals surface area contributed by atoms with Crippen molar-refractivity contribution in [2.45, 2.75) is 13.5 Å². The first kappa shape index (κ1) is 22.7. The van der Waals surface area contributed by atoms with Crippen LogP contribution in [0.1, 0.15) is 12.5 Å². The molecule has 1 saturated heterocycles. The third kappa shape index (κ3) is 5.85. The van der Waals surface area contributed by atoms with Gasteiger partial charge >= 0.3 is 0 Å². The fraction of sp³-hybridized carbons (Fsp3) is 0.391. The summed E-state index contributed by atoms with van der Waals surface area (Å²) in [6.45, 7) is 7.88. The lowest BCUT2D eigenvalue weighted by molar-refractivity contribution is -0.383. The second-order valence-electron chi connectivity index (χ2n) is 7.70. The lowest BCUT2D eigenvalue weighted by Crippen LogP contribution is -2.38. The molecule has 2 N–H and O–H groups in total. The predicted octanol–water partition coefficient (Wildman–Crippen LogP) is 3.29. The van der Waals surface area contributed by atoms with E-state index in [4.69, 9.17) is 9.47 Å². The Labute approximate surface area is 192 Å². The minimum absolute atomic E-state index is 0.00198. The largest absolute Gasteiger partial charge is 0.492 e. The number of nitro benzene ring substituents is 1. The first-order chi connectivity index (χ1) is 16.1. The number of anilines is 2. The standard InChI is InChI=1S/C23H28N6O4/c1-2-24-21-14-20-19(13-22(21)29(30)31)23(27-16-26-20)25-15-17-4-3-5-18(12-17)33-11-8-28-6-9-32-10-7-28/h3-5,12-14,16,24H,2,6-11,15H2,1H3,(H,25,26,27). The highest BCUT2D eigenvalue weighted by molar-refractivity contribution is 5.94. The molecule has 0 radical (unpaired) electrons. The summed E-state index contributed by atoms with van der Waals surface area (Å²) in [5.41, 5.74) is 2.10. The number of benzene rings is 2. The summed E-state index contributed by atoms with van der Waals surface area (Å²) in [4.78, 5) is 22.1. The molecule has 0 atom stereocenters. The maximum Gasteiger partial charge on any atom is 0.293 e. The van der Waals surface area contributed by atoms with Crippen molar-refractivity contribution >= 4 is 28.1 Å². The van der Waals surface area contributed by atoms with Gasteiger partial charge in [-0.05, 0) is 30.7 Å². The smallest absolute Gasteiger partial charge is 0.293 e. The van der Waals surface area contributed by atoms with Gasteiger partial charge in [0.25, 0.3) is 5.69 Å². The molecule has 2 aromatic carbocycles. The summed E-state index contributed by atoms with van der Waals surface area (Å²) in [6, 6.07) is 11.1. The van der Waals surface area contributed by atoms with Crippen LogP contribution in [0.3, 0.4) is 0 Å². The van der Waals surface area contributed by atoms with E-state index in [1.54, 1.807) is 6.07 Å². The molecule has 1 aromatic heterocycles.